The molecule has 3 heterocycles. The second kappa shape index (κ2) is 9.26. The third kappa shape index (κ3) is 4.71. The lowest BCUT2D eigenvalue weighted by Gasteiger charge is -2.33. The second-order valence-electron chi connectivity index (χ2n) is 8.58. The van der Waals surface area contributed by atoms with Crippen molar-refractivity contribution in [1.29, 1.82) is 5.26 Å². The van der Waals surface area contributed by atoms with E-state index in [2.05, 4.69) is 22.6 Å². The Bertz CT molecular complexity index is 1250. The van der Waals surface area contributed by atoms with Crippen molar-refractivity contribution in [2.75, 3.05) is 9.80 Å². The van der Waals surface area contributed by atoms with Gasteiger partial charge in [-0.05, 0) is 57.0 Å². The van der Waals surface area contributed by atoms with Gasteiger partial charge in [0, 0.05) is 17.8 Å². The molecule has 1 saturated heterocycles. The van der Waals surface area contributed by atoms with Crippen LogP contribution >= 0.6 is 12.6 Å². The van der Waals surface area contributed by atoms with E-state index in [1.807, 2.05) is 12.1 Å². The standard InChI is InChI=1S/C24H22F3N5O2S/c1-23(2)21(33)31(17-8-6-15(13-28)19(12-17)24(25,26)27)22(35)32(23)18-9-7-16(30-14-18)4-3-5-20-29-10-11-34-20/h6-12,14,22,35H,3-5H2,1-2H3. The van der Waals surface area contributed by atoms with Crippen LogP contribution in [0, 0.1) is 11.3 Å². The second-order valence-corrected chi connectivity index (χ2v) is 9.04. The molecule has 0 saturated carbocycles. The maximum absolute atomic E-state index is 13.5. The van der Waals surface area contributed by atoms with E-state index in [1.54, 1.807) is 37.2 Å². The number of nitriles is 1. The van der Waals surface area contributed by atoms with Gasteiger partial charge in [-0.1, -0.05) is 0 Å². The predicted octanol–water partition coefficient (Wildman–Crippen LogP) is 4.98. The Kier molecular flexibility index (Phi) is 6.51. The van der Waals surface area contributed by atoms with E-state index in [1.165, 1.54) is 17.2 Å². The number of hydrogen-bond acceptors (Lipinski definition) is 7. The molecule has 1 fully saturated rings. The minimum atomic E-state index is -4.74. The summed E-state index contributed by atoms with van der Waals surface area (Å²) in [5.74, 6) is 0.235. The zero-order valence-corrected chi connectivity index (χ0v) is 19.8. The maximum atomic E-state index is 13.5. The van der Waals surface area contributed by atoms with Gasteiger partial charge in [-0.25, -0.2) is 4.98 Å². The van der Waals surface area contributed by atoms with E-state index in [9.17, 15) is 18.0 Å². The van der Waals surface area contributed by atoms with Gasteiger partial charge in [0.15, 0.2) is 11.4 Å². The highest BCUT2D eigenvalue weighted by atomic mass is 32.1. The van der Waals surface area contributed by atoms with Crippen molar-refractivity contribution >= 4 is 29.9 Å². The van der Waals surface area contributed by atoms with E-state index < -0.39 is 34.2 Å². The summed E-state index contributed by atoms with van der Waals surface area (Å²) in [6.07, 6.45) is 2.19. The molecule has 0 spiro atoms. The van der Waals surface area contributed by atoms with Crippen LogP contribution in [-0.4, -0.2) is 26.9 Å². The number of alkyl halides is 3. The van der Waals surface area contributed by atoms with Crippen LogP contribution in [-0.2, 0) is 23.8 Å². The lowest BCUT2D eigenvalue weighted by molar-refractivity contribution is -0.137. The fraction of sp³-hybridized carbons (Fsp3) is 0.333. The first-order valence-corrected chi connectivity index (χ1v) is 11.3. The molecule has 11 heteroatoms. The summed E-state index contributed by atoms with van der Waals surface area (Å²) in [6.45, 7) is 3.36. The highest BCUT2D eigenvalue weighted by Crippen LogP contribution is 2.42. The number of benzene rings is 1. The predicted molar refractivity (Wildman–Crippen MR) is 126 cm³/mol. The fourth-order valence-electron chi connectivity index (χ4n) is 4.13. The Hall–Kier alpha value is -3.52. The molecule has 0 aliphatic carbocycles. The van der Waals surface area contributed by atoms with Gasteiger partial charge < -0.3 is 9.32 Å². The Labute approximate surface area is 205 Å². The number of pyridine rings is 1. The number of aryl methyl sites for hydroxylation is 2. The molecule has 1 atom stereocenters. The first kappa shape index (κ1) is 24.6. The molecule has 4 rings (SSSR count). The number of hydrogen-bond donors (Lipinski definition) is 1. The van der Waals surface area contributed by atoms with Crippen LogP contribution in [0.2, 0.25) is 0 Å². The van der Waals surface area contributed by atoms with Crippen molar-refractivity contribution in [3.63, 3.8) is 0 Å². The first-order valence-electron chi connectivity index (χ1n) is 10.8. The largest absolute Gasteiger partial charge is 0.449 e. The summed E-state index contributed by atoms with van der Waals surface area (Å²) in [7, 11) is 0. The smallest absolute Gasteiger partial charge is 0.417 e. The maximum Gasteiger partial charge on any atom is 0.417 e. The minimum absolute atomic E-state index is 0.00742. The highest BCUT2D eigenvalue weighted by molar-refractivity contribution is 7.81. The van der Waals surface area contributed by atoms with Crippen LogP contribution in [0.5, 0.6) is 0 Å². The average molecular weight is 502 g/mol. The Morgan fingerprint density at radius 1 is 1.17 bits per heavy atom. The first-order chi connectivity index (χ1) is 16.5. The summed E-state index contributed by atoms with van der Waals surface area (Å²) in [5, 5.41) is 9.07. The molecule has 7 nitrogen and oxygen atoms in total. The van der Waals surface area contributed by atoms with E-state index in [0.717, 1.165) is 24.2 Å². The number of anilines is 2. The van der Waals surface area contributed by atoms with Gasteiger partial charge in [-0.2, -0.15) is 18.4 Å². The average Bonchev–Trinajstić information content (AvgIpc) is 3.38. The van der Waals surface area contributed by atoms with Crippen molar-refractivity contribution in [2.45, 2.75) is 50.3 Å². The third-order valence-electron chi connectivity index (χ3n) is 5.91. The number of carbonyl (C=O) groups excluding carboxylic acids is 1. The van der Waals surface area contributed by atoms with Gasteiger partial charge in [-0.15, -0.1) is 12.6 Å². The van der Waals surface area contributed by atoms with E-state index >= 15 is 0 Å². The summed E-state index contributed by atoms with van der Waals surface area (Å²) in [4.78, 5) is 24.8. The third-order valence-corrected chi connectivity index (χ3v) is 6.37. The molecule has 1 amide bonds. The van der Waals surface area contributed by atoms with Gasteiger partial charge in [0.2, 0.25) is 0 Å². The van der Waals surface area contributed by atoms with Crippen molar-refractivity contribution in [2.24, 2.45) is 0 Å². The molecule has 0 bridgehead atoms. The van der Waals surface area contributed by atoms with Gasteiger partial charge in [0.1, 0.15) is 11.8 Å². The van der Waals surface area contributed by atoms with Crippen LogP contribution in [0.25, 0.3) is 0 Å². The number of rotatable bonds is 6. The SMILES string of the molecule is CC1(C)C(=O)N(c2ccc(C#N)c(C(F)(F)F)c2)C(S)N1c1ccc(CCCc2ncco2)nc1. The summed E-state index contributed by atoms with van der Waals surface area (Å²) in [6, 6.07) is 8.41. The Balaban J connectivity index is 1.57. The van der Waals surface area contributed by atoms with Gasteiger partial charge in [0.25, 0.3) is 5.91 Å². The van der Waals surface area contributed by atoms with Crippen molar-refractivity contribution < 1.29 is 22.4 Å². The number of aromatic nitrogens is 2. The molecular weight excluding hydrogens is 479 g/mol. The molecule has 1 aliphatic rings. The quantitative estimate of drug-likeness (QED) is 0.480. The molecular formula is C24H22F3N5O2S. The van der Waals surface area contributed by atoms with E-state index in [-0.39, 0.29) is 5.69 Å². The molecule has 1 aliphatic heterocycles. The number of amides is 1. The molecule has 182 valence electrons. The van der Waals surface area contributed by atoms with Crippen LogP contribution in [0.3, 0.4) is 0 Å². The summed E-state index contributed by atoms with van der Waals surface area (Å²) >= 11 is 4.59. The fourth-order valence-corrected chi connectivity index (χ4v) is 4.79. The number of carbonyl (C=O) groups is 1. The summed E-state index contributed by atoms with van der Waals surface area (Å²) < 4.78 is 45.7. The van der Waals surface area contributed by atoms with Gasteiger partial charge in [-0.3, -0.25) is 14.7 Å². The van der Waals surface area contributed by atoms with Gasteiger partial charge >= 0.3 is 6.18 Å². The molecule has 3 aromatic rings. The number of nitrogens with zero attached hydrogens (tertiary/aromatic N) is 5. The molecule has 1 unspecified atom stereocenters. The molecule has 0 N–H and O–H groups in total. The Morgan fingerprint density at radius 2 is 1.91 bits per heavy atom. The number of thiol groups is 1. The van der Waals surface area contributed by atoms with Crippen molar-refractivity contribution in [1.82, 2.24) is 9.97 Å². The summed E-state index contributed by atoms with van der Waals surface area (Å²) in [5.41, 5.74) is -2.14. The number of halogens is 3. The monoisotopic (exact) mass is 501 g/mol. The Morgan fingerprint density at radius 3 is 2.51 bits per heavy atom. The minimum Gasteiger partial charge on any atom is -0.449 e. The van der Waals surface area contributed by atoms with Crippen LogP contribution in [0.4, 0.5) is 24.5 Å². The normalized spacial score (nSPS) is 17.6. The molecule has 0 radical (unpaired) electrons. The van der Waals surface area contributed by atoms with Crippen LogP contribution in [0.1, 0.15) is 43.0 Å². The highest BCUT2D eigenvalue weighted by Gasteiger charge is 2.51. The lowest BCUT2D eigenvalue weighted by Crippen LogP contribution is -2.45. The molecule has 1 aromatic carbocycles. The van der Waals surface area contributed by atoms with E-state index in [4.69, 9.17) is 9.68 Å². The topological polar surface area (TPSA) is 86.3 Å². The van der Waals surface area contributed by atoms with E-state index in [0.29, 0.717) is 24.4 Å². The number of oxazole rings is 1. The van der Waals surface area contributed by atoms with Crippen molar-refractivity contribution in [3.05, 3.63) is 71.7 Å². The molecule has 35 heavy (non-hydrogen) atoms. The zero-order valence-electron chi connectivity index (χ0n) is 19.0. The van der Waals surface area contributed by atoms with Gasteiger partial charge in [0.05, 0.1) is 35.3 Å². The van der Waals surface area contributed by atoms with Crippen LogP contribution < -0.4 is 9.80 Å². The molecule has 2 aromatic heterocycles. The zero-order chi connectivity index (χ0) is 25.4. The lowest BCUT2D eigenvalue weighted by atomic mass is 10.0. The van der Waals surface area contributed by atoms with Crippen molar-refractivity contribution in [3.8, 4) is 6.07 Å². The van der Waals surface area contributed by atoms with Crippen LogP contribution in [0.15, 0.2) is 53.4 Å².